The Kier molecular flexibility index (Phi) is 4.80. The minimum Gasteiger partial charge on any atom is -0.0625 e. The molecule has 0 radical (unpaired) electrons. The van der Waals surface area contributed by atoms with E-state index in [0.29, 0.717) is 5.41 Å². The third-order valence-electron chi connectivity index (χ3n) is 3.86. The van der Waals surface area contributed by atoms with Gasteiger partial charge in [0.2, 0.25) is 0 Å². The predicted octanol–water partition coefficient (Wildman–Crippen LogP) is 5.11. The summed E-state index contributed by atoms with van der Waals surface area (Å²) in [4.78, 5) is 0. The number of benzene rings is 1. The van der Waals surface area contributed by atoms with Gasteiger partial charge in [-0.1, -0.05) is 65.8 Å². The molecule has 0 aliphatic heterocycles. The highest BCUT2D eigenvalue weighted by Crippen LogP contribution is 2.30. The molecule has 0 heterocycles. The minimum absolute atomic E-state index is 0.385. The van der Waals surface area contributed by atoms with Gasteiger partial charge in [-0.3, -0.25) is 0 Å². The zero-order valence-corrected chi connectivity index (χ0v) is 12.4. The Labute approximate surface area is 107 Å². The van der Waals surface area contributed by atoms with Gasteiger partial charge in [0.1, 0.15) is 0 Å². The van der Waals surface area contributed by atoms with E-state index >= 15 is 0 Å². The molecule has 0 unspecified atom stereocenters. The first-order valence-electron chi connectivity index (χ1n) is 6.89. The Hall–Kier alpha value is -0.780. The fraction of sp³-hybridized carbons (Fsp3) is 0.647. The highest BCUT2D eigenvalue weighted by molar-refractivity contribution is 5.24. The summed E-state index contributed by atoms with van der Waals surface area (Å²) in [7, 11) is 0. The molecular formula is C17H28. The van der Waals surface area contributed by atoms with Crippen LogP contribution in [0.3, 0.4) is 0 Å². The highest BCUT2D eigenvalue weighted by Gasteiger charge is 2.22. The van der Waals surface area contributed by atoms with Crippen molar-refractivity contribution in [3.05, 3.63) is 35.4 Å². The second kappa shape index (κ2) is 5.71. The molecule has 0 N–H and O–H groups in total. The van der Waals surface area contributed by atoms with Crippen LogP contribution in [0.25, 0.3) is 0 Å². The predicted molar refractivity (Wildman–Crippen MR) is 77.3 cm³/mol. The van der Waals surface area contributed by atoms with Crippen LogP contribution in [0.2, 0.25) is 0 Å². The second-order valence-electron chi connectivity index (χ2n) is 6.74. The van der Waals surface area contributed by atoms with Gasteiger partial charge < -0.3 is 0 Å². The Morgan fingerprint density at radius 2 is 1.59 bits per heavy atom. The van der Waals surface area contributed by atoms with Gasteiger partial charge in [0.25, 0.3) is 0 Å². The summed E-state index contributed by atoms with van der Waals surface area (Å²) < 4.78 is 0. The lowest BCUT2D eigenvalue weighted by atomic mass is 9.76. The summed E-state index contributed by atoms with van der Waals surface area (Å²) in [5, 5.41) is 0. The molecule has 1 aromatic carbocycles. The molecule has 0 heteroatoms. The molecule has 0 bridgehead atoms. The van der Waals surface area contributed by atoms with Crippen LogP contribution in [-0.4, -0.2) is 0 Å². The summed E-state index contributed by atoms with van der Waals surface area (Å²) in [6, 6.07) is 9.13. The molecule has 0 saturated heterocycles. The molecule has 0 fully saturated rings. The fourth-order valence-corrected chi connectivity index (χ4v) is 2.07. The van der Waals surface area contributed by atoms with E-state index in [-0.39, 0.29) is 0 Å². The molecule has 17 heavy (non-hydrogen) atoms. The van der Waals surface area contributed by atoms with Gasteiger partial charge in [-0.05, 0) is 41.2 Å². The van der Waals surface area contributed by atoms with Crippen molar-refractivity contribution in [3.63, 3.8) is 0 Å². The van der Waals surface area contributed by atoms with E-state index in [1.165, 1.54) is 24.0 Å². The molecule has 1 aromatic rings. The Morgan fingerprint density at radius 1 is 1.00 bits per heavy atom. The largest absolute Gasteiger partial charge is 0.0625 e. The van der Waals surface area contributed by atoms with Crippen molar-refractivity contribution in [2.45, 2.75) is 54.4 Å². The van der Waals surface area contributed by atoms with Crippen LogP contribution in [0.5, 0.6) is 0 Å². The first-order valence-corrected chi connectivity index (χ1v) is 6.89. The third kappa shape index (κ3) is 4.53. The summed E-state index contributed by atoms with van der Waals surface area (Å²) in [5.74, 6) is 1.46. The monoisotopic (exact) mass is 232 g/mol. The van der Waals surface area contributed by atoms with Crippen molar-refractivity contribution in [1.29, 1.82) is 0 Å². The number of hydrogen-bond acceptors (Lipinski definition) is 0. The molecule has 1 rings (SSSR count). The first-order chi connectivity index (χ1) is 7.81. The number of rotatable bonds is 5. The molecule has 0 aromatic heterocycles. The average Bonchev–Trinajstić information content (AvgIpc) is 2.15. The zero-order valence-electron chi connectivity index (χ0n) is 12.4. The van der Waals surface area contributed by atoms with Crippen LogP contribution in [0, 0.1) is 17.3 Å². The van der Waals surface area contributed by atoms with Crippen LogP contribution < -0.4 is 0 Å². The summed E-state index contributed by atoms with van der Waals surface area (Å²) in [6.45, 7) is 13.9. The fourth-order valence-electron chi connectivity index (χ4n) is 2.07. The van der Waals surface area contributed by atoms with Crippen LogP contribution >= 0.6 is 0 Å². The average molecular weight is 232 g/mol. The first kappa shape index (κ1) is 14.3. The SMILES string of the molecule is CC(C)Cc1cccc(CC(C)(C)C(C)C)c1. The lowest BCUT2D eigenvalue weighted by Crippen LogP contribution is -2.22. The normalized spacial score (nSPS) is 12.5. The van der Waals surface area contributed by atoms with Crippen molar-refractivity contribution < 1.29 is 0 Å². The maximum absolute atomic E-state index is 2.39. The summed E-state index contributed by atoms with van der Waals surface area (Å²) in [5.41, 5.74) is 3.36. The quantitative estimate of drug-likeness (QED) is 0.662. The van der Waals surface area contributed by atoms with E-state index in [4.69, 9.17) is 0 Å². The molecule has 0 spiro atoms. The molecule has 0 aliphatic rings. The van der Waals surface area contributed by atoms with Crippen molar-refractivity contribution >= 4 is 0 Å². The molecule has 0 nitrogen and oxygen atoms in total. The van der Waals surface area contributed by atoms with Gasteiger partial charge in [0.05, 0.1) is 0 Å². The topological polar surface area (TPSA) is 0 Å². The van der Waals surface area contributed by atoms with E-state index in [2.05, 4.69) is 65.8 Å². The maximum Gasteiger partial charge on any atom is -0.0225 e. The van der Waals surface area contributed by atoms with Crippen molar-refractivity contribution in [1.82, 2.24) is 0 Å². The van der Waals surface area contributed by atoms with Crippen LogP contribution in [0.15, 0.2) is 24.3 Å². The molecule has 0 atom stereocenters. The molecule has 0 saturated carbocycles. The van der Waals surface area contributed by atoms with Gasteiger partial charge in [-0.25, -0.2) is 0 Å². The van der Waals surface area contributed by atoms with Crippen LogP contribution in [0.4, 0.5) is 0 Å². The minimum atomic E-state index is 0.385. The van der Waals surface area contributed by atoms with Gasteiger partial charge in [-0.15, -0.1) is 0 Å². The van der Waals surface area contributed by atoms with Gasteiger partial charge in [-0.2, -0.15) is 0 Å². The highest BCUT2D eigenvalue weighted by atomic mass is 14.3. The molecule has 96 valence electrons. The molecule has 0 amide bonds. The van der Waals surface area contributed by atoms with Gasteiger partial charge >= 0.3 is 0 Å². The van der Waals surface area contributed by atoms with Gasteiger partial charge in [0, 0.05) is 0 Å². The lowest BCUT2D eigenvalue weighted by Gasteiger charge is -2.29. The smallest absolute Gasteiger partial charge is 0.0225 e. The third-order valence-corrected chi connectivity index (χ3v) is 3.86. The Balaban J connectivity index is 2.78. The Bertz CT molecular complexity index is 345. The van der Waals surface area contributed by atoms with E-state index in [9.17, 15) is 0 Å². The van der Waals surface area contributed by atoms with Crippen LogP contribution in [0.1, 0.15) is 52.7 Å². The van der Waals surface area contributed by atoms with E-state index in [1.54, 1.807) is 0 Å². The summed E-state index contributed by atoms with van der Waals surface area (Å²) in [6.07, 6.45) is 2.37. The van der Waals surface area contributed by atoms with E-state index in [1.807, 2.05) is 0 Å². The lowest BCUT2D eigenvalue weighted by molar-refractivity contribution is 0.248. The standard InChI is InChI=1S/C17H28/c1-13(2)10-15-8-7-9-16(11-15)12-17(5,6)14(3)4/h7-9,11,13-14H,10,12H2,1-6H3. The maximum atomic E-state index is 2.39. The summed E-state index contributed by atoms with van der Waals surface area (Å²) >= 11 is 0. The van der Waals surface area contributed by atoms with E-state index < -0.39 is 0 Å². The second-order valence-corrected chi connectivity index (χ2v) is 6.74. The molecular weight excluding hydrogens is 204 g/mol. The Morgan fingerprint density at radius 3 is 2.12 bits per heavy atom. The van der Waals surface area contributed by atoms with Gasteiger partial charge in [0.15, 0.2) is 0 Å². The van der Waals surface area contributed by atoms with Crippen molar-refractivity contribution in [2.24, 2.45) is 17.3 Å². The number of hydrogen-bond donors (Lipinski definition) is 0. The van der Waals surface area contributed by atoms with Crippen molar-refractivity contribution in [2.75, 3.05) is 0 Å². The van der Waals surface area contributed by atoms with E-state index in [0.717, 1.165) is 11.8 Å². The van der Waals surface area contributed by atoms with Crippen LogP contribution in [-0.2, 0) is 12.8 Å². The van der Waals surface area contributed by atoms with Crippen molar-refractivity contribution in [3.8, 4) is 0 Å². The zero-order chi connectivity index (χ0) is 13.1. The molecule has 0 aliphatic carbocycles.